The second-order valence-corrected chi connectivity index (χ2v) is 5.22. The number of alkyl halides is 3. The lowest BCUT2D eigenvalue weighted by atomic mass is 10.1. The zero-order valence-corrected chi connectivity index (χ0v) is 11.5. The van der Waals surface area contributed by atoms with Crippen LogP contribution in [0.2, 0.25) is 0 Å². The predicted molar refractivity (Wildman–Crippen MR) is 68.9 cm³/mol. The molecule has 1 atom stereocenters. The third kappa shape index (κ3) is 4.17. The highest BCUT2D eigenvalue weighted by Gasteiger charge is 2.40. The van der Waals surface area contributed by atoms with E-state index in [2.05, 4.69) is 0 Å². The molecule has 0 unspecified atom stereocenters. The molecule has 1 fully saturated rings. The number of hydrogen-bond donors (Lipinski definition) is 0. The molecule has 2 rings (SSSR count). The maximum Gasteiger partial charge on any atom is 0.406 e. The molecular formula is C14H16F4N2O. The van der Waals surface area contributed by atoms with Gasteiger partial charge in [-0.1, -0.05) is 12.1 Å². The van der Waals surface area contributed by atoms with Crippen LogP contribution >= 0.6 is 0 Å². The van der Waals surface area contributed by atoms with E-state index in [9.17, 15) is 22.4 Å². The molecule has 0 radical (unpaired) electrons. The molecule has 3 nitrogen and oxygen atoms in total. The van der Waals surface area contributed by atoms with Crippen molar-refractivity contribution >= 4 is 5.91 Å². The van der Waals surface area contributed by atoms with Crippen molar-refractivity contribution in [3.63, 3.8) is 0 Å². The Kier molecular flexibility index (Phi) is 4.51. The second-order valence-electron chi connectivity index (χ2n) is 5.22. The molecule has 0 aromatic heterocycles. The summed E-state index contributed by atoms with van der Waals surface area (Å²) in [5, 5.41) is 0. The maximum atomic E-state index is 12.8. The fourth-order valence-electron chi connectivity index (χ4n) is 2.49. The number of likely N-dealkylation sites (tertiary alicyclic amines) is 1. The van der Waals surface area contributed by atoms with Gasteiger partial charge in [0.25, 0.3) is 0 Å². The van der Waals surface area contributed by atoms with E-state index in [1.54, 1.807) is 24.1 Å². The highest BCUT2D eigenvalue weighted by Crippen LogP contribution is 2.23. The smallest absolute Gasteiger partial charge is 0.332 e. The fraction of sp³-hybridized carbons (Fsp3) is 0.500. The van der Waals surface area contributed by atoms with Crippen LogP contribution in [0.15, 0.2) is 24.3 Å². The zero-order valence-electron chi connectivity index (χ0n) is 11.5. The molecule has 0 saturated carbocycles. The quantitative estimate of drug-likeness (QED) is 0.798. The van der Waals surface area contributed by atoms with Crippen LogP contribution in [0.25, 0.3) is 0 Å². The van der Waals surface area contributed by atoms with Crippen LogP contribution in [0.1, 0.15) is 12.0 Å². The molecule has 0 aliphatic carbocycles. The maximum absolute atomic E-state index is 12.8. The first-order chi connectivity index (χ1) is 9.76. The molecule has 1 aliphatic heterocycles. The van der Waals surface area contributed by atoms with Crippen molar-refractivity contribution in [1.29, 1.82) is 0 Å². The largest absolute Gasteiger partial charge is 0.406 e. The van der Waals surface area contributed by atoms with Gasteiger partial charge >= 0.3 is 6.18 Å². The van der Waals surface area contributed by atoms with Gasteiger partial charge in [-0.3, -0.25) is 9.69 Å². The first-order valence-corrected chi connectivity index (χ1v) is 6.56. The first kappa shape index (κ1) is 15.8. The van der Waals surface area contributed by atoms with Crippen LogP contribution < -0.4 is 0 Å². The Morgan fingerprint density at radius 1 is 1.29 bits per heavy atom. The van der Waals surface area contributed by atoms with Crippen molar-refractivity contribution in [1.82, 2.24) is 9.80 Å². The Balaban J connectivity index is 1.96. The number of likely N-dealkylation sites (N-methyl/N-ethyl adjacent to an activating group) is 1. The molecule has 1 heterocycles. The molecule has 1 saturated heterocycles. The summed E-state index contributed by atoms with van der Waals surface area (Å²) in [6.07, 6.45) is -4.01. The number of amides is 1. The molecule has 0 N–H and O–H groups in total. The van der Waals surface area contributed by atoms with Crippen LogP contribution in [0.5, 0.6) is 0 Å². The van der Waals surface area contributed by atoms with E-state index in [1.165, 1.54) is 12.1 Å². The van der Waals surface area contributed by atoms with E-state index >= 15 is 0 Å². The summed E-state index contributed by atoms with van der Waals surface area (Å²) >= 11 is 0. The molecule has 0 bridgehead atoms. The van der Waals surface area contributed by atoms with Crippen LogP contribution in [0.4, 0.5) is 17.6 Å². The number of nitrogens with zero attached hydrogens (tertiary/aromatic N) is 2. The SMILES string of the molecule is CN(Cc1ccc(F)cc1)[C@@H]1CCN(CC(F)(F)F)C1=O. The molecule has 1 aromatic carbocycles. The summed E-state index contributed by atoms with van der Waals surface area (Å²) in [4.78, 5) is 14.5. The average Bonchev–Trinajstić information content (AvgIpc) is 2.72. The van der Waals surface area contributed by atoms with Gasteiger partial charge in [0.15, 0.2) is 0 Å². The van der Waals surface area contributed by atoms with E-state index in [1.807, 2.05) is 0 Å². The van der Waals surface area contributed by atoms with Gasteiger partial charge in [0, 0.05) is 13.1 Å². The van der Waals surface area contributed by atoms with Crippen LogP contribution in [-0.2, 0) is 11.3 Å². The van der Waals surface area contributed by atoms with Crippen molar-refractivity contribution in [3.05, 3.63) is 35.6 Å². The highest BCUT2D eigenvalue weighted by molar-refractivity contribution is 5.84. The predicted octanol–water partition coefficient (Wildman–Crippen LogP) is 2.42. The summed E-state index contributed by atoms with van der Waals surface area (Å²) in [5.74, 6) is -0.855. The van der Waals surface area contributed by atoms with Gasteiger partial charge in [-0.15, -0.1) is 0 Å². The van der Waals surface area contributed by atoms with Gasteiger partial charge in [-0.05, 0) is 31.2 Å². The lowest BCUT2D eigenvalue weighted by molar-refractivity contribution is -0.159. The highest BCUT2D eigenvalue weighted by atomic mass is 19.4. The Labute approximate surface area is 120 Å². The fourth-order valence-corrected chi connectivity index (χ4v) is 2.49. The van der Waals surface area contributed by atoms with Crippen molar-refractivity contribution in [2.75, 3.05) is 20.1 Å². The van der Waals surface area contributed by atoms with Gasteiger partial charge in [-0.25, -0.2) is 4.39 Å². The Bertz CT molecular complexity index is 501. The van der Waals surface area contributed by atoms with Gasteiger partial charge in [-0.2, -0.15) is 13.2 Å². The number of carbonyl (C=O) groups excluding carboxylic acids is 1. The molecule has 1 aromatic rings. The van der Waals surface area contributed by atoms with Crippen molar-refractivity contribution < 1.29 is 22.4 Å². The van der Waals surface area contributed by atoms with Crippen LogP contribution in [0, 0.1) is 5.82 Å². The molecule has 21 heavy (non-hydrogen) atoms. The van der Waals surface area contributed by atoms with Crippen LogP contribution in [-0.4, -0.2) is 48.1 Å². The molecule has 116 valence electrons. The normalized spacial score (nSPS) is 19.6. The van der Waals surface area contributed by atoms with Crippen LogP contribution in [0.3, 0.4) is 0 Å². The summed E-state index contributed by atoms with van der Waals surface area (Å²) in [6.45, 7) is -0.708. The number of carbonyl (C=O) groups is 1. The van der Waals surface area contributed by atoms with Gasteiger partial charge < -0.3 is 4.90 Å². The summed E-state index contributed by atoms with van der Waals surface area (Å²) in [5.41, 5.74) is 0.806. The minimum absolute atomic E-state index is 0.108. The summed E-state index contributed by atoms with van der Waals surface area (Å²) in [7, 11) is 1.68. The lowest BCUT2D eigenvalue weighted by Crippen LogP contribution is -2.42. The average molecular weight is 304 g/mol. The monoisotopic (exact) mass is 304 g/mol. The van der Waals surface area contributed by atoms with Crippen molar-refractivity contribution in [2.24, 2.45) is 0 Å². The summed E-state index contributed by atoms with van der Waals surface area (Å²) in [6, 6.07) is 5.26. The summed E-state index contributed by atoms with van der Waals surface area (Å²) < 4.78 is 49.9. The topological polar surface area (TPSA) is 23.6 Å². The Hall–Kier alpha value is -1.63. The van der Waals surface area contributed by atoms with E-state index in [-0.39, 0.29) is 12.4 Å². The minimum atomic E-state index is -4.37. The van der Waals surface area contributed by atoms with E-state index in [0.29, 0.717) is 13.0 Å². The van der Waals surface area contributed by atoms with Crippen molar-refractivity contribution in [3.8, 4) is 0 Å². The molecular weight excluding hydrogens is 288 g/mol. The minimum Gasteiger partial charge on any atom is -0.332 e. The van der Waals surface area contributed by atoms with E-state index in [0.717, 1.165) is 10.5 Å². The third-order valence-electron chi connectivity index (χ3n) is 3.52. The van der Waals surface area contributed by atoms with Crippen molar-refractivity contribution in [2.45, 2.75) is 25.2 Å². The van der Waals surface area contributed by atoms with E-state index in [4.69, 9.17) is 0 Å². The second kappa shape index (κ2) is 6.01. The standard InChI is InChI=1S/C14H16F4N2O/c1-19(8-10-2-4-11(15)5-3-10)12-6-7-20(13(12)21)9-14(16,17)18/h2-5,12H,6-9H2,1H3/t12-/m1/s1. The zero-order chi connectivity index (χ0) is 15.6. The Morgan fingerprint density at radius 2 is 1.90 bits per heavy atom. The number of halogens is 4. The number of rotatable bonds is 4. The molecule has 1 aliphatic rings. The molecule has 1 amide bonds. The van der Waals surface area contributed by atoms with Gasteiger partial charge in [0.2, 0.25) is 5.91 Å². The van der Waals surface area contributed by atoms with Gasteiger partial charge in [0.05, 0.1) is 6.04 Å². The third-order valence-corrected chi connectivity index (χ3v) is 3.52. The lowest BCUT2D eigenvalue weighted by Gasteiger charge is -2.24. The Morgan fingerprint density at radius 3 is 2.48 bits per heavy atom. The first-order valence-electron chi connectivity index (χ1n) is 6.56. The number of hydrogen-bond acceptors (Lipinski definition) is 2. The molecule has 7 heteroatoms. The van der Waals surface area contributed by atoms with E-state index < -0.39 is 24.7 Å². The number of benzene rings is 1. The van der Waals surface area contributed by atoms with Gasteiger partial charge in [0.1, 0.15) is 12.4 Å². The molecule has 0 spiro atoms.